The van der Waals surface area contributed by atoms with Gasteiger partial charge in [0.2, 0.25) is 0 Å². The molecule has 0 unspecified atom stereocenters. The second-order valence-corrected chi connectivity index (χ2v) is 6.31. The number of aryl methyl sites for hydroxylation is 2. The van der Waals surface area contributed by atoms with Gasteiger partial charge in [0.05, 0.1) is 12.1 Å². The van der Waals surface area contributed by atoms with E-state index in [0.717, 1.165) is 4.47 Å². The van der Waals surface area contributed by atoms with Gasteiger partial charge >= 0.3 is 0 Å². The molecule has 18 heavy (non-hydrogen) atoms. The first-order valence-electron chi connectivity index (χ1n) is 5.66. The van der Waals surface area contributed by atoms with Crippen molar-refractivity contribution in [2.24, 2.45) is 0 Å². The minimum atomic E-state index is -0.0498. The summed E-state index contributed by atoms with van der Waals surface area (Å²) in [6.45, 7) is 4.77. The molecule has 0 aliphatic rings. The average molecular weight is 324 g/mol. The maximum Gasteiger partial charge on any atom is 0.252 e. The molecule has 0 bridgehead atoms. The van der Waals surface area contributed by atoms with Crippen LogP contribution in [-0.4, -0.2) is 5.91 Å². The number of carbonyl (C=O) groups excluding carboxylic acids is 1. The van der Waals surface area contributed by atoms with Crippen molar-refractivity contribution in [3.05, 3.63) is 55.7 Å². The standard InChI is InChI=1S/C14H14BrNOS/c1-9-7-11(18-10(9)2)8-16-14(17)12-5-3-4-6-13(12)15/h3-7H,8H2,1-2H3,(H,16,17). The zero-order valence-corrected chi connectivity index (χ0v) is 12.7. The van der Waals surface area contributed by atoms with Gasteiger partial charge in [-0.2, -0.15) is 0 Å². The lowest BCUT2D eigenvalue weighted by Gasteiger charge is -2.05. The second kappa shape index (κ2) is 5.67. The minimum Gasteiger partial charge on any atom is -0.347 e. The predicted molar refractivity (Wildman–Crippen MR) is 79.1 cm³/mol. The van der Waals surface area contributed by atoms with Crippen LogP contribution in [0, 0.1) is 13.8 Å². The van der Waals surface area contributed by atoms with E-state index < -0.39 is 0 Å². The Bertz CT molecular complexity index is 557. The van der Waals surface area contributed by atoms with E-state index in [4.69, 9.17) is 0 Å². The van der Waals surface area contributed by atoms with Crippen LogP contribution in [0.2, 0.25) is 0 Å². The molecule has 94 valence electrons. The van der Waals surface area contributed by atoms with Crippen molar-refractivity contribution in [3.63, 3.8) is 0 Å². The summed E-state index contributed by atoms with van der Waals surface area (Å²) in [4.78, 5) is 14.5. The second-order valence-electron chi connectivity index (χ2n) is 4.11. The van der Waals surface area contributed by atoms with Crippen LogP contribution in [0.4, 0.5) is 0 Å². The summed E-state index contributed by atoms with van der Waals surface area (Å²) in [5.41, 5.74) is 1.95. The van der Waals surface area contributed by atoms with Gasteiger partial charge in [-0.25, -0.2) is 0 Å². The first kappa shape index (κ1) is 13.3. The smallest absolute Gasteiger partial charge is 0.252 e. The number of nitrogens with one attached hydrogen (secondary N) is 1. The van der Waals surface area contributed by atoms with Gasteiger partial charge in [0, 0.05) is 14.2 Å². The van der Waals surface area contributed by atoms with E-state index in [0.29, 0.717) is 12.1 Å². The van der Waals surface area contributed by atoms with Crippen LogP contribution in [0.25, 0.3) is 0 Å². The van der Waals surface area contributed by atoms with E-state index in [1.165, 1.54) is 15.3 Å². The summed E-state index contributed by atoms with van der Waals surface area (Å²) in [7, 11) is 0. The highest BCUT2D eigenvalue weighted by molar-refractivity contribution is 9.10. The molecular formula is C14H14BrNOS. The van der Waals surface area contributed by atoms with E-state index >= 15 is 0 Å². The topological polar surface area (TPSA) is 29.1 Å². The van der Waals surface area contributed by atoms with Gasteiger partial charge < -0.3 is 5.32 Å². The van der Waals surface area contributed by atoms with E-state index in [2.05, 4.69) is 41.2 Å². The minimum absolute atomic E-state index is 0.0498. The number of thiophene rings is 1. The third-order valence-electron chi connectivity index (χ3n) is 2.76. The average Bonchev–Trinajstić information content (AvgIpc) is 2.66. The summed E-state index contributed by atoms with van der Waals surface area (Å²) < 4.78 is 0.820. The quantitative estimate of drug-likeness (QED) is 0.906. The van der Waals surface area contributed by atoms with Gasteiger partial charge in [-0.05, 0) is 53.5 Å². The fourth-order valence-electron chi connectivity index (χ4n) is 1.64. The van der Waals surface area contributed by atoms with Crippen LogP contribution in [-0.2, 0) is 6.54 Å². The molecule has 2 nitrogen and oxygen atoms in total. The van der Waals surface area contributed by atoms with Crippen molar-refractivity contribution >= 4 is 33.2 Å². The van der Waals surface area contributed by atoms with Gasteiger partial charge in [0.15, 0.2) is 0 Å². The SMILES string of the molecule is Cc1cc(CNC(=O)c2ccccc2Br)sc1C. The molecule has 1 heterocycles. The lowest BCUT2D eigenvalue weighted by molar-refractivity contribution is 0.0950. The Balaban J connectivity index is 2.03. The van der Waals surface area contributed by atoms with Crippen molar-refractivity contribution in [1.29, 1.82) is 0 Å². The molecule has 0 aliphatic carbocycles. The summed E-state index contributed by atoms with van der Waals surface area (Å²) in [5.74, 6) is -0.0498. The molecule has 1 aromatic carbocycles. The Labute approximate surface area is 119 Å². The molecule has 0 radical (unpaired) electrons. The fraction of sp³-hybridized carbons (Fsp3) is 0.214. The lowest BCUT2D eigenvalue weighted by Crippen LogP contribution is -2.22. The Morgan fingerprint density at radius 1 is 1.33 bits per heavy atom. The van der Waals surface area contributed by atoms with Crippen LogP contribution in [0.5, 0.6) is 0 Å². The number of halogens is 1. The molecule has 1 amide bonds. The third-order valence-corrected chi connectivity index (χ3v) is 4.60. The highest BCUT2D eigenvalue weighted by Crippen LogP contribution is 2.21. The molecule has 1 N–H and O–H groups in total. The number of amides is 1. The van der Waals surface area contributed by atoms with Crippen molar-refractivity contribution in [3.8, 4) is 0 Å². The van der Waals surface area contributed by atoms with Crippen LogP contribution in [0.1, 0.15) is 25.7 Å². The van der Waals surface area contributed by atoms with Gasteiger partial charge in [0.1, 0.15) is 0 Å². The van der Waals surface area contributed by atoms with Crippen molar-refractivity contribution in [2.45, 2.75) is 20.4 Å². The Morgan fingerprint density at radius 3 is 2.67 bits per heavy atom. The first-order chi connectivity index (χ1) is 8.58. The Morgan fingerprint density at radius 2 is 2.06 bits per heavy atom. The molecule has 2 rings (SSSR count). The molecule has 1 aromatic heterocycles. The first-order valence-corrected chi connectivity index (χ1v) is 7.27. The van der Waals surface area contributed by atoms with E-state index in [-0.39, 0.29) is 5.91 Å². The fourth-order valence-corrected chi connectivity index (χ4v) is 3.10. The Kier molecular flexibility index (Phi) is 4.19. The molecule has 4 heteroatoms. The predicted octanol–water partition coefficient (Wildman–Crippen LogP) is 4.06. The highest BCUT2D eigenvalue weighted by Gasteiger charge is 2.09. The summed E-state index contributed by atoms with van der Waals surface area (Å²) in [5, 5.41) is 2.94. The van der Waals surface area contributed by atoms with Crippen molar-refractivity contribution in [1.82, 2.24) is 5.32 Å². The van der Waals surface area contributed by atoms with Crippen LogP contribution in [0.15, 0.2) is 34.8 Å². The molecule has 0 fully saturated rings. The summed E-state index contributed by atoms with van der Waals surface area (Å²) >= 11 is 5.11. The molecule has 2 aromatic rings. The van der Waals surface area contributed by atoms with Crippen molar-refractivity contribution < 1.29 is 4.79 Å². The summed E-state index contributed by atoms with van der Waals surface area (Å²) in [6, 6.07) is 9.56. The van der Waals surface area contributed by atoms with Gasteiger partial charge in [-0.15, -0.1) is 11.3 Å². The zero-order chi connectivity index (χ0) is 13.1. The number of hydrogen-bond donors (Lipinski definition) is 1. The number of rotatable bonds is 3. The maximum absolute atomic E-state index is 12.0. The van der Waals surface area contributed by atoms with Crippen LogP contribution in [0.3, 0.4) is 0 Å². The van der Waals surface area contributed by atoms with Gasteiger partial charge in [0.25, 0.3) is 5.91 Å². The van der Waals surface area contributed by atoms with Gasteiger partial charge in [-0.1, -0.05) is 12.1 Å². The van der Waals surface area contributed by atoms with Gasteiger partial charge in [-0.3, -0.25) is 4.79 Å². The number of hydrogen-bond acceptors (Lipinski definition) is 2. The van der Waals surface area contributed by atoms with Crippen LogP contribution < -0.4 is 5.32 Å². The number of carbonyl (C=O) groups is 1. The molecule has 0 saturated carbocycles. The third kappa shape index (κ3) is 3.00. The largest absolute Gasteiger partial charge is 0.347 e. The monoisotopic (exact) mass is 323 g/mol. The summed E-state index contributed by atoms with van der Waals surface area (Å²) in [6.07, 6.45) is 0. The highest BCUT2D eigenvalue weighted by atomic mass is 79.9. The zero-order valence-electron chi connectivity index (χ0n) is 10.3. The molecule has 0 aliphatic heterocycles. The van der Waals surface area contributed by atoms with Crippen LogP contribution >= 0.6 is 27.3 Å². The van der Waals surface area contributed by atoms with E-state index in [9.17, 15) is 4.79 Å². The van der Waals surface area contributed by atoms with E-state index in [1.807, 2.05) is 24.3 Å². The van der Waals surface area contributed by atoms with Crippen molar-refractivity contribution in [2.75, 3.05) is 0 Å². The lowest BCUT2D eigenvalue weighted by atomic mass is 10.2. The Hall–Kier alpha value is -1.13. The molecule has 0 saturated heterocycles. The normalized spacial score (nSPS) is 10.4. The number of benzene rings is 1. The molecule has 0 spiro atoms. The molecule has 0 atom stereocenters. The molecular weight excluding hydrogens is 310 g/mol. The maximum atomic E-state index is 12.0. The van der Waals surface area contributed by atoms with E-state index in [1.54, 1.807) is 11.3 Å².